The zero-order chi connectivity index (χ0) is 26.2. The second-order valence-corrected chi connectivity index (χ2v) is 9.93. The normalized spacial score (nSPS) is 11.8. The molecule has 3 aromatic rings. The lowest BCUT2D eigenvalue weighted by atomic mass is 10.0. The highest BCUT2D eigenvalue weighted by Crippen LogP contribution is 2.26. The third-order valence-corrected chi connectivity index (χ3v) is 6.74. The highest BCUT2D eigenvalue weighted by Gasteiger charge is 2.31. The van der Waals surface area contributed by atoms with E-state index < -0.39 is 6.04 Å². The van der Waals surface area contributed by atoms with E-state index in [0.29, 0.717) is 22.2 Å². The smallest absolute Gasteiger partial charge is 0.261 e. The standard InChI is InChI=1S/C29H32Cl2N2O3/c1-19(2)32-29(35)26(16-22-10-6-5-7-11-22)33(17-23-12-8-9-13-25(23)30)27(34)18-36-24-14-20(3)28(31)21(4)15-24/h5-15,19,26H,16-18H2,1-4H3,(H,32,35). The number of nitrogens with one attached hydrogen (secondary N) is 1. The summed E-state index contributed by atoms with van der Waals surface area (Å²) in [5.41, 5.74) is 3.43. The Labute approximate surface area is 223 Å². The first-order valence-electron chi connectivity index (χ1n) is 11.9. The van der Waals surface area contributed by atoms with Crippen LogP contribution in [0.2, 0.25) is 10.0 Å². The van der Waals surface area contributed by atoms with Gasteiger partial charge >= 0.3 is 0 Å². The number of ether oxygens (including phenoxy) is 1. The maximum atomic E-state index is 13.6. The molecule has 0 saturated heterocycles. The van der Waals surface area contributed by atoms with E-state index in [0.717, 1.165) is 22.3 Å². The van der Waals surface area contributed by atoms with Crippen LogP contribution in [0.3, 0.4) is 0 Å². The molecule has 0 fully saturated rings. The number of benzene rings is 3. The van der Waals surface area contributed by atoms with Crippen molar-refractivity contribution < 1.29 is 14.3 Å². The molecule has 0 heterocycles. The third kappa shape index (κ3) is 7.49. The minimum Gasteiger partial charge on any atom is -0.484 e. The van der Waals surface area contributed by atoms with Gasteiger partial charge in [-0.2, -0.15) is 0 Å². The quantitative estimate of drug-likeness (QED) is 0.344. The second kappa shape index (κ2) is 12.8. The summed E-state index contributed by atoms with van der Waals surface area (Å²) in [5, 5.41) is 4.17. The van der Waals surface area contributed by atoms with Gasteiger partial charge in [-0.05, 0) is 68.1 Å². The predicted molar refractivity (Wildman–Crippen MR) is 146 cm³/mol. The lowest BCUT2D eigenvalue weighted by molar-refractivity contribution is -0.143. The van der Waals surface area contributed by atoms with Crippen molar-refractivity contribution in [2.45, 2.75) is 52.7 Å². The molecule has 0 aliphatic heterocycles. The average Bonchev–Trinajstić information content (AvgIpc) is 2.84. The van der Waals surface area contributed by atoms with E-state index in [9.17, 15) is 9.59 Å². The zero-order valence-corrected chi connectivity index (χ0v) is 22.6. The minimum absolute atomic E-state index is 0.0793. The maximum absolute atomic E-state index is 13.6. The first-order chi connectivity index (χ1) is 17.2. The Bertz CT molecular complexity index is 1180. The van der Waals surface area contributed by atoms with Crippen LogP contribution in [-0.4, -0.2) is 35.4 Å². The van der Waals surface area contributed by atoms with Crippen LogP contribution in [0, 0.1) is 13.8 Å². The molecular formula is C29H32Cl2N2O3. The summed E-state index contributed by atoms with van der Waals surface area (Å²) < 4.78 is 5.88. The molecule has 1 atom stereocenters. The van der Waals surface area contributed by atoms with Gasteiger partial charge in [0.05, 0.1) is 0 Å². The largest absolute Gasteiger partial charge is 0.484 e. The fourth-order valence-corrected chi connectivity index (χ4v) is 4.27. The molecule has 190 valence electrons. The van der Waals surface area contributed by atoms with Crippen molar-refractivity contribution in [2.24, 2.45) is 0 Å². The Balaban J connectivity index is 1.93. The summed E-state index contributed by atoms with van der Waals surface area (Å²) in [5.74, 6) is -0.000800. The predicted octanol–water partition coefficient (Wildman–Crippen LogP) is 6.15. The molecule has 5 nitrogen and oxygen atoms in total. The lowest BCUT2D eigenvalue weighted by Crippen LogP contribution is -2.52. The molecule has 0 radical (unpaired) electrons. The van der Waals surface area contributed by atoms with Gasteiger partial charge in [0, 0.05) is 29.1 Å². The Morgan fingerprint density at radius 1 is 0.944 bits per heavy atom. The van der Waals surface area contributed by atoms with E-state index in [2.05, 4.69) is 5.32 Å². The number of hydrogen-bond donors (Lipinski definition) is 1. The van der Waals surface area contributed by atoms with Crippen molar-refractivity contribution in [2.75, 3.05) is 6.61 Å². The van der Waals surface area contributed by atoms with Crippen LogP contribution in [0.15, 0.2) is 66.7 Å². The zero-order valence-electron chi connectivity index (χ0n) is 21.1. The summed E-state index contributed by atoms with van der Waals surface area (Å²) in [6.07, 6.45) is 0.356. The average molecular weight is 527 g/mol. The highest BCUT2D eigenvalue weighted by molar-refractivity contribution is 6.32. The number of aryl methyl sites for hydroxylation is 2. The van der Waals surface area contributed by atoms with Gasteiger partial charge in [-0.15, -0.1) is 0 Å². The molecule has 3 aromatic carbocycles. The van der Waals surface area contributed by atoms with Gasteiger partial charge in [0.25, 0.3) is 5.91 Å². The Hall–Kier alpha value is -3.02. The molecule has 0 aromatic heterocycles. The van der Waals surface area contributed by atoms with Gasteiger partial charge in [-0.25, -0.2) is 0 Å². The molecule has 36 heavy (non-hydrogen) atoms. The number of halogens is 2. The lowest BCUT2D eigenvalue weighted by Gasteiger charge is -2.32. The van der Waals surface area contributed by atoms with E-state index in [1.54, 1.807) is 23.1 Å². The highest BCUT2D eigenvalue weighted by atomic mass is 35.5. The monoisotopic (exact) mass is 526 g/mol. The number of rotatable bonds is 10. The van der Waals surface area contributed by atoms with Crippen molar-refractivity contribution >= 4 is 35.0 Å². The van der Waals surface area contributed by atoms with Gasteiger partial charge in [-0.3, -0.25) is 9.59 Å². The summed E-state index contributed by atoms with van der Waals surface area (Å²) in [6, 6.07) is 19.7. The molecule has 0 aliphatic rings. The molecular weight excluding hydrogens is 495 g/mol. The molecule has 3 rings (SSSR count). The van der Waals surface area contributed by atoms with Crippen molar-refractivity contribution in [3.8, 4) is 5.75 Å². The molecule has 2 amide bonds. The van der Waals surface area contributed by atoms with E-state index in [1.165, 1.54) is 0 Å². The molecule has 0 spiro atoms. The van der Waals surface area contributed by atoms with E-state index in [1.807, 2.05) is 76.2 Å². The molecule has 1 unspecified atom stereocenters. The number of carbonyl (C=O) groups is 2. The SMILES string of the molecule is Cc1cc(OCC(=O)N(Cc2ccccc2Cl)C(Cc2ccccc2)C(=O)NC(C)C)cc(C)c1Cl. The van der Waals surface area contributed by atoms with Crippen LogP contribution in [0.4, 0.5) is 0 Å². The van der Waals surface area contributed by atoms with Gasteiger partial charge < -0.3 is 15.0 Å². The van der Waals surface area contributed by atoms with Crippen LogP contribution in [-0.2, 0) is 22.6 Å². The third-order valence-electron chi connectivity index (χ3n) is 5.77. The number of hydrogen-bond acceptors (Lipinski definition) is 3. The first kappa shape index (κ1) is 27.6. The fraction of sp³-hybridized carbons (Fsp3) is 0.310. The fourth-order valence-electron chi connectivity index (χ4n) is 3.96. The van der Waals surface area contributed by atoms with Crippen LogP contribution in [0.5, 0.6) is 5.75 Å². The molecule has 7 heteroatoms. The van der Waals surface area contributed by atoms with E-state index in [4.69, 9.17) is 27.9 Å². The van der Waals surface area contributed by atoms with Gasteiger partial charge in [0.15, 0.2) is 6.61 Å². The van der Waals surface area contributed by atoms with Gasteiger partial charge in [0.2, 0.25) is 5.91 Å². The molecule has 0 aliphatic carbocycles. The number of carbonyl (C=O) groups excluding carboxylic acids is 2. The van der Waals surface area contributed by atoms with Crippen LogP contribution >= 0.6 is 23.2 Å². The van der Waals surface area contributed by atoms with E-state index in [-0.39, 0.29) is 31.0 Å². The van der Waals surface area contributed by atoms with Crippen LogP contribution in [0.25, 0.3) is 0 Å². The minimum atomic E-state index is -0.754. The molecule has 0 bridgehead atoms. The molecule has 1 N–H and O–H groups in total. The summed E-state index contributed by atoms with van der Waals surface area (Å²) >= 11 is 12.7. The van der Waals surface area contributed by atoms with Crippen molar-refractivity contribution in [1.82, 2.24) is 10.2 Å². The maximum Gasteiger partial charge on any atom is 0.261 e. The summed E-state index contributed by atoms with van der Waals surface area (Å²) in [7, 11) is 0. The second-order valence-electron chi connectivity index (χ2n) is 9.14. The summed E-state index contributed by atoms with van der Waals surface area (Å²) in [4.78, 5) is 28.6. The number of nitrogens with zero attached hydrogens (tertiary/aromatic N) is 1. The molecule has 0 saturated carbocycles. The Morgan fingerprint density at radius 3 is 2.17 bits per heavy atom. The van der Waals surface area contributed by atoms with Crippen LogP contribution in [0.1, 0.15) is 36.1 Å². The van der Waals surface area contributed by atoms with Crippen molar-refractivity contribution in [3.05, 3.63) is 99.0 Å². The Morgan fingerprint density at radius 2 is 1.56 bits per heavy atom. The van der Waals surface area contributed by atoms with E-state index >= 15 is 0 Å². The summed E-state index contributed by atoms with van der Waals surface area (Å²) in [6.45, 7) is 7.51. The first-order valence-corrected chi connectivity index (χ1v) is 12.7. The van der Waals surface area contributed by atoms with Gasteiger partial charge in [-0.1, -0.05) is 71.7 Å². The number of amides is 2. The van der Waals surface area contributed by atoms with Crippen molar-refractivity contribution in [1.29, 1.82) is 0 Å². The van der Waals surface area contributed by atoms with Gasteiger partial charge in [0.1, 0.15) is 11.8 Å². The Kier molecular flexibility index (Phi) is 9.80. The topological polar surface area (TPSA) is 58.6 Å². The van der Waals surface area contributed by atoms with Crippen molar-refractivity contribution in [3.63, 3.8) is 0 Å². The van der Waals surface area contributed by atoms with Crippen LogP contribution < -0.4 is 10.1 Å².